The first-order valence-electron chi connectivity index (χ1n) is 11.7. The fourth-order valence-electron chi connectivity index (χ4n) is 4.59. The van der Waals surface area contributed by atoms with Gasteiger partial charge in [-0.2, -0.15) is 0 Å². The highest BCUT2D eigenvalue weighted by Crippen LogP contribution is 2.30. The van der Waals surface area contributed by atoms with Gasteiger partial charge in [0, 0.05) is 19.2 Å². The SMILES string of the molecule is Cc1nc2c(c(=O)n(C)c(=O)n2-c2ccccc2)n1Cc1ccc(-c2ccccc2-c2nnn[nH]2)cc1. The van der Waals surface area contributed by atoms with Gasteiger partial charge < -0.3 is 4.57 Å². The van der Waals surface area contributed by atoms with Crippen molar-refractivity contribution in [2.24, 2.45) is 7.05 Å². The number of hydrogen-bond donors (Lipinski definition) is 1. The van der Waals surface area contributed by atoms with Crippen molar-refractivity contribution in [3.05, 3.63) is 111 Å². The molecule has 10 nitrogen and oxygen atoms in total. The van der Waals surface area contributed by atoms with E-state index in [1.807, 2.05) is 90.4 Å². The van der Waals surface area contributed by atoms with E-state index in [1.165, 1.54) is 11.6 Å². The molecule has 37 heavy (non-hydrogen) atoms. The standard InChI is InChI=1S/C27H22N8O2/c1-17-28-25-23(26(36)33(2)27(37)35(25)20-8-4-3-5-9-20)34(17)16-18-12-14-19(15-13-18)21-10-6-7-11-22(21)24-29-31-32-30-24/h3-15H,16H2,1-2H3,(H,29,30,31,32). The molecule has 3 aromatic carbocycles. The molecule has 6 aromatic rings. The number of rotatable bonds is 5. The van der Waals surface area contributed by atoms with Crippen LogP contribution in [0.25, 0.3) is 39.4 Å². The van der Waals surface area contributed by atoms with Crippen LogP contribution in [0.2, 0.25) is 0 Å². The van der Waals surface area contributed by atoms with Crippen LogP contribution in [-0.2, 0) is 13.6 Å². The van der Waals surface area contributed by atoms with E-state index in [1.54, 1.807) is 0 Å². The summed E-state index contributed by atoms with van der Waals surface area (Å²) in [7, 11) is 1.49. The number of H-pyrrole nitrogens is 1. The zero-order valence-corrected chi connectivity index (χ0v) is 20.2. The van der Waals surface area contributed by atoms with Gasteiger partial charge in [-0.1, -0.05) is 66.7 Å². The monoisotopic (exact) mass is 490 g/mol. The smallest absolute Gasteiger partial charge is 0.318 e. The number of fused-ring (bicyclic) bond motifs is 1. The van der Waals surface area contributed by atoms with Gasteiger partial charge in [0.15, 0.2) is 17.0 Å². The summed E-state index contributed by atoms with van der Waals surface area (Å²) in [6.07, 6.45) is 0. The number of nitrogens with zero attached hydrogens (tertiary/aromatic N) is 7. The number of para-hydroxylation sites is 1. The largest absolute Gasteiger partial charge is 0.337 e. The normalized spacial score (nSPS) is 11.3. The van der Waals surface area contributed by atoms with Crippen molar-refractivity contribution in [3.63, 3.8) is 0 Å². The Morgan fingerprint density at radius 2 is 1.57 bits per heavy atom. The molecule has 182 valence electrons. The third-order valence-electron chi connectivity index (χ3n) is 6.48. The second-order valence-electron chi connectivity index (χ2n) is 8.73. The molecular formula is C27H22N8O2. The summed E-state index contributed by atoms with van der Waals surface area (Å²) >= 11 is 0. The molecule has 6 rings (SSSR count). The van der Waals surface area contributed by atoms with E-state index in [2.05, 4.69) is 25.6 Å². The minimum absolute atomic E-state index is 0.350. The Bertz CT molecular complexity index is 1850. The van der Waals surface area contributed by atoms with Gasteiger partial charge in [0.05, 0.1) is 5.69 Å². The summed E-state index contributed by atoms with van der Waals surface area (Å²) in [5, 5.41) is 14.2. The quantitative estimate of drug-likeness (QED) is 0.397. The molecule has 3 aromatic heterocycles. The summed E-state index contributed by atoms with van der Waals surface area (Å²) in [5.41, 5.74) is 4.48. The zero-order chi connectivity index (χ0) is 25.5. The van der Waals surface area contributed by atoms with E-state index < -0.39 is 5.69 Å². The topological polar surface area (TPSA) is 116 Å². The van der Waals surface area contributed by atoms with Crippen molar-refractivity contribution in [3.8, 4) is 28.2 Å². The molecule has 0 aliphatic carbocycles. The molecule has 0 atom stereocenters. The Balaban J connectivity index is 1.42. The predicted octanol–water partition coefficient (Wildman–Crippen LogP) is 3.09. The van der Waals surface area contributed by atoms with Gasteiger partial charge in [-0.05, 0) is 46.2 Å². The van der Waals surface area contributed by atoms with Gasteiger partial charge in [0.1, 0.15) is 5.82 Å². The number of nitrogens with one attached hydrogen (secondary N) is 1. The first-order valence-corrected chi connectivity index (χ1v) is 11.7. The van der Waals surface area contributed by atoms with E-state index in [0.29, 0.717) is 35.0 Å². The van der Waals surface area contributed by atoms with Crippen LogP contribution in [0.3, 0.4) is 0 Å². The van der Waals surface area contributed by atoms with E-state index in [9.17, 15) is 9.59 Å². The van der Waals surface area contributed by atoms with Gasteiger partial charge in [-0.25, -0.2) is 19.4 Å². The molecule has 10 heteroatoms. The minimum Gasteiger partial charge on any atom is -0.318 e. The second kappa shape index (κ2) is 8.83. The first kappa shape index (κ1) is 22.4. The second-order valence-corrected chi connectivity index (χ2v) is 8.73. The Morgan fingerprint density at radius 3 is 2.27 bits per heavy atom. The number of benzene rings is 3. The number of aromatic nitrogens is 8. The molecule has 0 fully saturated rings. The van der Waals surface area contributed by atoms with Crippen LogP contribution in [0.4, 0.5) is 0 Å². The van der Waals surface area contributed by atoms with E-state index >= 15 is 0 Å². The highest BCUT2D eigenvalue weighted by atomic mass is 16.2. The molecule has 1 N–H and O–H groups in total. The van der Waals surface area contributed by atoms with Crippen LogP contribution in [0.5, 0.6) is 0 Å². The van der Waals surface area contributed by atoms with E-state index in [4.69, 9.17) is 0 Å². The first-order chi connectivity index (χ1) is 18.0. The van der Waals surface area contributed by atoms with Crippen molar-refractivity contribution < 1.29 is 0 Å². The van der Waals surface area contributed by atoms with Crippen molar-refractivity contribution in [1.82, 2.24) is 39.3 Å². The number of aromatic amines is 1. The van der Waals surface area contributed by atoms with Crippen molar-refractivity contribution in [2.45, 2.75) is 13.5 Å². The average Bonchev–Trinajstić information content (AvgIpc) is 3.57. The Hall–Kier alpha value is -5.12. The molecule has 0 aliphatic heterocycles. The number of tetrazole rings is 1. The summed E-state index contributed by atoms with van der Waals surface area (Å²) < 4.78 is 4.48. The van der Waals surface area contributed by atoms with Gasteiger partial charge in [-0.3, -0.25) is 9.36 Å². The number of aryl methyl sites for hydroxylation is 1. The third kappa shape index (κ3) is 3.75. The molecule has 0 bridgehead atoms. The van der Waals surface area contributed by atoms with Gasteiger partial charge in [0.2, 0.25) is 0 Å². The lowest BCUT2D eigenvalue weighted by atomic mass is 9.98. The molecular weight excluding hydrogens is 468 g/mol. The molecule has 0 aliphatic rings. The zero-order valence-electron chi connectivity index (χ0n) is 20.2. The molecule has 0 radical (unpaired) electrons. The van der Waals surface area contributed by atoms with Crippen LogP contribution >= 0.6 is 0 Å². The third-order valence-corrected chi connectivity index (χ3v) is 6.48. The van der Waals surface area contributed by atoms with Crippen LogP contribution in [-0.4, -0.2) is 39.3 Å². The highest BCUT2D eigenvalue weighted by Gasteiger charge is 2.20. The summed E-state index contributed by atoms with van der Waals surface area (Å²) in [6, 6.07) is 25.2. The van der Waals surface area contributed by atoms with Gasteiger partial charge in [-0.15, -0.1) is 5.10 Å². The Morgan fingerprint density at radius 1 is 0.865 bits per heavy atom. The van der Waals surface area contributed by atoms with Crippen LogP contribution in [0.15, 0.2) is 88.5 Å². The molecule has 3 heterocycles. The fraction of sp³-hybridized carbons (Fsp3) is 0.111. The molecule has 0 unspecified atom stereocenters. The lowest BCUT2D eigenvalue weighted by Crippen LogP contribution is -2.38. The van der Waals surface area contributed by atoms with Gasteiger partial charge in [0.25, 0.3) is 5.56 Å². The number of imidazole rings is 1. The van der Waals surface area contributed by atoms with Gasteiger partial charge >= 0.3 is 5.69 Å². The molecule has 0 saturated heterocycles. The average molecular weight is 491 g/mol. The summed E-state index contributed by atoms with van der Waals surface area (Å²) in [5.74, 6) is 1.25. The van der Waals surface area contributed by atoms with E-state index in [0.717, 1.165) is 26.8 Å². The predicted molar refractivity (Wildman–Crippen MR) is 139 cm³/mol. The molecule has 0 spiro atoms. The maximum absolute atomic E-state index is 13.2. The Kier molecular flexibility index (Phi) is 5.33. The summed E-state index contributed by atoms with van der Waals surface area (Å²) in [6.45, 7) is 2.27. The van der Waals surface area contributed by atoms with Crippen molar-refractivity contribution in [2.75, 3.05) is 0 Å². The van der Waals surface area contributed by atoms with Crippen molar-refractivity contribution in [1.29, 1.82) is 0 Å². The molecule has 0 saturated carbocycles. The minimum atomic E-state index is -0.432. The van der Waals surface area contributed by atoms with Crippen LogP contribution in [0.1, 0.15) is 11.4 Å². The number of hydrogen-bond acceptors (Lipinski definition) is 6. The van der Waals surface area contributed by atoms with Crippen LogP contribution < -0.4 is 11.2 Å². The summed E-state index contributed by atoms with van der Waals surface area (Å²) in [4.78, 5) is 30.9. The molecule has 0 amide bonds. The maximum Gasteiger partial charge on any atom is 0.337 e. The van der Waals surface area contributed by atoms with Crippen molar-refractivity contribution >= 4 is 11.2 Å². The van der Waals surface area contributed by atoms with E-state index in [-0.39, 0.29) is 5.56 Å². The fourth-order valence-corrected chi connectivity index (χ4v) is 4.59. The maximum atomic E-state index is 13.2. The van der Waals surface area contributed by atoms with Crippen LogP contribution in [0, 0.1) is 6.92 Å². The lowest BCUT2D eigenvalue weighted by Gasteiger charge is -2.11. The lowest BCUT2D eigenvalue weighted by molar-refractivity contribution is 0.733. The highest BCUT2D eigenvalue weighted by molar-refractivity contribution is 5.80. The Labute approximate surface area is 210 Å².